The van der Waals surface area contributed by atoms with Crippen molar-refractivity contribution < 1.29 is 24.5 Å². The second-order valence-electron chi connectivity index (χ2n) is 6.74. The van der Waals surface area contributed by atoms with Gasteiger partial charge in [-0.1, -0.05) is 50.1 Å². The molecule has 1 aromatic heterocycles. The lowest BCUT2D eigenvalue weighted by Gasteiger charge is -2.20. The number of hydrogen-bond donors (Lipinski definition) is 2. The average Bonchev–Trinajstić information content (AvgIpc) is 3.21. The summed E-state index contributed by atoms with van der Waals surface area (Å²) in [6, 6.07) is -0.165. The van der Waals surface area contributed by atoms with Crippen molar-refractivity contribution in [3.63, 3.8) is 0 Å². The molecule has 1 aliphatic heterocycles. The van der Waals surface area contributed by atoms with Crippen LogP contribution < -0.4 is 0 Å². The SMILES string of the molecule is CCCCCC(O)C/C=C/[C@H]1[C@H](C)OC(=O)N1CCSc1nc(C(=O)O)cs1. The van der Waals surface area contributed by atoms with Gasteiger partial charge >= 0.3 is 12.1 Å². The van der Waals surface area contributed by atoms with Crippen LogP contribution in [0.25, 0.3) is 0 Å². The van der Waals surface area contributed by atoms with E-state index in [1.54, 1.807) is 4.90 Å². The highest BCUT2D eigenvalue weighted by Crippen LogP contribution is 2.25. The molecule has 1 fully saturated rings. The van der Waals surface area contributed by atoms with E-state index in [-0.39, 0.29) is 30.0 Å². The van der Waals surface area contributed by atoms with Crippen LogP contribution in [-0.4, -0.2) is 62.7 Å². The molecule has 0 aromatic carbocycles. The van der Waals surface area contributed by atoms with Gasteiger partial charge in [-0.15, -0.1) is 11.3 Å². The topological polar surface area (TPSA) is 100.0 Å². The maximum atomic E-state index is 12.1. The van der Waals surface area contributed by atoms with Gasteiger partial charge in [0.25, 0.3) is 0 Å². The van der Waals surface area contributed by atoms with Crippen LogP contribution in [0, 0.1) is 0 Å². The van der Waals surface area contributed by atoms with E-state index in [1.165, 1.54) is 28.5 Å². The number of cyclic esters (lactones) is 1. The van der Waals surface area contributed by atoms with Gasteiger partial charge in [0, 0.05) is 17.7 Å². The van der Waals surface area contributed by atoms with Gasteiger partial charge in [-0.25, -0.2) is 14.6 Å². The fourth-order valence-electron chi connectivity index (χ4n) is 2.95. The Morgan fingerprint density at radius 1 is 1.50 bits per heavy atom. The van der Waals surface area contributed by atoms with Gasteiger partial charge in [-0.05, 0) is 19.8 Å². The zero-order chi connectivity index (χ0) is 20.5. The predicted molar refractivity (Wildman–Crippen MR) is 110 cm³/mol. The van der Waals surface area contributed by atoms with Gasteiger partial charge < -0.3 is 14.9 Å². The van der Waals surface area contributed by atoms with Crippen LogP contribution in [-0.2, 0) is 4.74 Å². The number of thioether (sulfide) groups is 1. The number of carboxylic acids is 1. The Hall–Kier alpha value is -1.58. The van der Waals surface area contributed by atoms with Crippen LogP contribution in [0.4, 0.5) is 4.79 Å². The third kappa shape index (κ3) is 6.79. The first-order chi connectivity index (χ1) is 13.4. The van der Waals surface area contributed by atoms with E-state index < -0.39 is 5.97 Å². The van der Waals surface area contributed by atoms with Gasteiger partial charge in [-0.3, -0.25) is 4.90 Å². The number of rotatable bonds is 12. The van der Waals surface area contributed by atoms with Gasteiger partial charge in [-0.2, -0.15) is 0 Å². The largest absolute Gasteiger partial charge is 0.476 e. The zero-order valence-corrected chi connectivity index (χ0v) is 17.9. The molecule has 0 radical (unpaired) electrons. The lowest BCUT2D eigenvalue weighted by Crippen LogP contribution is -2.36. The predicted octanol–water partition coefficient (Wildman–Crippen LogP) is 4.03. The van der Waals surface area contributed by atoms with Crippen molar-refractivity contribution in [2.45, 2.75) is 68.5 Å². The number of unbranched alkanes of at least 4 members (excludes halogenated alkanes) is 2. The summed E-state index contributed by atoms with van der Waals surface area (Å²) in [5, 5.41) is 20.5. The number of nitrogens with zero attached hydrogens (tertiary/aromatic N) is 2. The number of carbonyl (C=O) groups is 2. The van der Waals surface area contributed by atoms with E-state index in [1.807, 2.05) is 19.1 Å². The van der Waals surface area contributed by atoms with Crippen molar-refractivity contribution in [1.29, 1.82) is 0 Å². The molecule has 7 nitrogen and oxygen atoms in total. The Balaban J connectivity index is 1.82. The first kappa shape index (κ1) is 22.7. The number of thiazole rings is 1. The lowest BCUT2D eigenvalue weighted by molar-refractivity contribution is 0.0690. The molecule has 1 unspecified atom stereocenters. The summed E-state index contributed by atoms with van der Waals surface area (Å²) in [6.07, 6.45) is 7.57. The van der Waals surface area contributed by atoms with Crippen LogP contribution in [0.3, 0.4) is 0 Å². The van der Waals surface area contributed by atoms with Gasteiger partial charge in [0.15, 0.2) is 10.0 Å². The smallest absolute Gasteiger partial charge is 0.410 e. The Morgan fingerprint density at radius 3 is 2.96 bits per heavy atom. The summed E-state index contributed by atoms with van der Waals surface area (Å²) in [6.45, 7) is 4.47. The Morgan fingerprint density at radius 2 is 2.29 bits per heavy atom. The summed E-state index contributed by atoms with van der Waals surface area (Å²) >= 11 is 2.70. The highest BCUT2D eigenvalue weighted by molar-refractivity contribution is 8.01. The van der Waals surface area contributed by atoms with E-state index >= 15 is 0 Å². The second kappa shape index (κ2) is 11.4. The Labute approximate surface area is 173 Å². The van der Waals surface area contributed by atoms with Crippen molar-refractivity contribution in [1.82, 2.24) is 9.88 Å². The molecule has 0 bridgehead atoms. The fourth-order valence-corrected chi connectivity index (χ4v) is 4.76. The summed E-state index contributed by atoms with van der Waals surface area (Å²) < 4.78 is 6.00. The molecule has 1 aliphatic rings. The second-order valence-corrected chi connectivity index (χ2v) is 8.94. The van der Waals surface area contributed by atoms with Crippen LogP contribution in [0.15, 0.2) is 21.9 Å². The number of ether oxygens (including phenoxy) is 1. The monoisotopic (exact) mass is 428 g/mol. The molecule has 9 heteroatoms. The minimum Gasteiger partial charge on any atom is -0.476 e. The molecule has 2 heterocycles. The molecule has 0 saturated carbocycles. The average molecular weight is 429 g/mol. The quantitative estimate of drug-likeness (QED) is 0.294. The standard InChI is InChI=1S/C19H28N2O5S2/c1-3-4-5-7-14(22)8-6-9-16-13(2)26-19(25)21(16)10-11-27-18-20-15(12-28-18)17(23)24/h6,9,12-14,16,22H,3-5,7-8,10-11H2,1-2H3,(H,23,24)/b9-6+/t13-,14?,16-/m0/s1. The number of carbonyl (C=O) groups excluding carboxylic acids is 1. The number of amides is 1. The Kier molecular flexibility index (Phi) is 9.27. The van der Waals surface area contributed by atoms with Gasteiger partial charge in [0.1, 0.15) is 6.10 Å². The normalized spacial score (nSPS) is 20.7. The van der Waals surface area contributed by atoms with E-state index in [0.717, 1.165) is 25.7 Å². The number of carboxylic acid groups (broad SMARTS) is 1. The van der Waals surface area contributed by atoms with E-state index in [4.69, 9.17) is 9.84 Å². The van der Waals surface area contributed by atoms with Crippen molar-refractivity contribution in [3.05, 3.63) is 23.2 Å². The van der Waals surface area contributed by atoms with Crippen LogP contribution >= 0.6 is 23.1 Å². The maximum absolute atomic E-state index is 12.1. The molecule has 1 amide bonds. The van der Waals surface area contributed by atoms with Crippen molar-refractivity contribution in [2.24, 2.45) is 0 Å². The molecular weight excluding hydrogens is 400 g/mol. The molecule has 28 heavy (non-hydrogen) atoms. The Bertz CT molecular complexity index is 679. The first-order valence-electron chi connectivity index (χ1n) is 9.56. The number of aliphatic hydroxyl groups is 1. The molecule has 3 atom stereocenters. The molecule has 2 N–H and O–H groups in total. The summed E-state index contributed by atoms with van der Waals surface area (Å²) in [5.41, 5.74) is 0.0417. The van der Waals surface area contributed by atoms with Crippen LogP contribution in [0.1, 0.15) is 56.4 Å². The third-order valence-electron chi connectivity index (χ3n) is 4.50. The molecule has 156 valence electrons. The lowest BCUT2D eigenvalue weighted by atomic mass is 10.1. The minimum absolute atomic E-state index is 0.0417. The van der Waals surface area contributed by atoms with E-state index in [0.29, 0.717) is 23.1 Å². The molecule has 1 aromatic rings. The first-order valence-corrected chi connectivity index (χ1v) is 11.4. The molecule has 2 rings (SSSR count). The third-order valence-corrected chi connectivity index (χ3v) is 6.51. The summed E-state index contributed by atoms with van der Waals surface area (Å²) in [7, 11) is 0. The van der Waals surface area contributed by atoms with E-state index in [2.05, 4.69) is 11.9 Å². The summed E-state index contributed by atoms with van der Waals surface area (Å²) in [5.74, 6) is -0.444. The maximum Gasteiger partial charge on any atom is 0.410 e. The van der Waals surface area contributed by atoms with Crippen molar-refractivity contribution in [3.8, 4) is 0 Å². The van der Waals surface area contributed by atoms with Crippen molar-refractivity contribution >= 4 is 35.2 Å². The number of aromatic nitrogens is 1. The van der Waals surface area contributed by atoms with Crippen LogP contribution in [0.5, 0.6) is 0 Å². The highest BCUT2D eigenvalue weighted by Gasteiger charge is 2.36. The van der Waals surface area contributed by atoms with E-state index in [9.17, 15) is 14.7 Å². The van der Waals surface area contributed by atoms with Gasteiger partial charge in [0.05, 0.1) is 12.1 Å². The summed E-state index contributed by atoms with van der Waals surface area (Å²) in [4.78, 5) is 28.7. The molecule has 0 spiro atoms. The zero-order valence-electron chi connectivity index (χ0n) is 16.2. The number of aliphatic hydroxyl groups excluding tert-OH is 1. The molecule has 1 saturated heterocycles. The number of aromatic carboxylic acids is 1. The molecule has 0 aliphatic carbocycles. The van der Waals surface area contributed by atoms with Crippen molar-refractivity contribution in [2.75, 3.05) is 12.3 Å². The highest BCUT2D eigenvalue weighted by atomic mass is 32.2. The fraction of sp³-hybridized carbons (Fsp3) is 0.632. The van der Waals surface area contributed by atoms with Crippen LogP contribution in [0.2, 0.25) is 0 Å². The molecular formula is C19H28N2O5S2. The minimum atomic E-state index is -1.04. The number of hydrogen-bond acceptors (Lipinski definition) is 7. The van der Waals surface area contributed by atoms with Gasteiger partial charge in [0.2, 0.25) is 0 Å².